The van der Waals surface area contributed by atoms with Crippen LogP contribution in [0.2, 0.25) is 0 Å². The summed E-state index contributed by atoms with van der Waals surface area (Å²) in [5.41, 5.74) is 3.78. The van der Waals surface area contributed by atoms with Crippen molar-refractivity contribution in [1.29, 1.82) is 0 Å². The van der Waals surface area contributed by atoms with Crippen molar-refractivity contribution >= 4 is 23.2 Å². The zero-order valence-electron chi connectivity index (χ0n) is 24.2. The number of benzene rings is 2. The monoisotopic (exact) mass is 531 g/mol. The lowest BCUT2D eigenvalue weighted by atomic mass is 9.75. The van der Waals surface area contributed by atoms with Gasteiger partial charge in [0, 0.05) is 36.1 Å². The fourth-order valence-corrected chi connectivity index (χ4v) is 6.34. The van der Waals surface area contributed by atoms with Crippen molar-refractivity contribution in [2.45, 2.75) is 97.1 Å². The number of aryl methyl sites for hydroxylation is 1. The lowest BCUT2D eigenvalue weighted by molar-refractivity contribution is -0.165. The van der Waals surface area contributed by atoms with Crippen molar-refractivity contribution in [3.63, 3.8) is 0 Å². The number of carbonyl (C=O) groups is 1. The Balaban J connectivity index is 1.42. The minimum atomic E-state index is -1.51. The summed E-state index contributed by atoms with van der Waals surface area (Å²) in [4.78, 5) is 22.4. The number of esters is 1. The summed E-state index contributed by atoms with van der Waals surface area (Å²) in [7, 11) is 1.71. The van der Waals surface area contributed by atoms with E-state index in [0.29, 0.717) is 35.7 Å². The van der Waals surface area contributed by atoms with Gasteiger partial charge in [-0.25, -0.2) is 4.79 Å². The van der Waals surface area contributed by atoms with Crippen molar-refractivity contribution in [3.8, 4) is 0 Å². The number of ether oxygens (including phenoxy) is 1. The molecular formula is C33H45N3O3. The Morgan fingerprint density at radius 1 is 0.974 bits per heavy atom. The minimum absolute atomic E-state index is 0.188. The third-order valence-corrected chi connectivity index (χ3v) is 8.80. The number of aliphatic hydroxyl groups is 1. The molecule has 0 unspecified atom stereocenters. The van der Waals surface area contributed by atoms with Gasteiger partial charge in [-0.05, 0) is 99.1 Å². The van der Waals surface area contributed by atoms with Gasteiger partial charge in [-0.15, -0.1) is 0 Å². The molecule has 0 aliphatic heterocycles. The Labute approximate surface area is 234 Å². The zero-order chi connectivity index (χ0) is 27.7. The maximum Gasteiger partial charge on any atom is 0.357 e. The molecule has 0 aromatic heterocycles. The van der Waals surface area contributed by atoms with E-state index in [0.717, 1.165) is 36.1 Å². The summed E-state index contributed by atoms with van der Waals surface area (Å²) in [6, 6.07) is 17.6. The number of amidine groups is 1. The number of hydrogen-bond acceptors (Lipinski definition) is 5. The topological polar surface area (TPSA) is 65.4 Å². The van der Waals surface area contributed by atoms with E-state index in [1.165, 1.54) is 31.4 Å². The maximum atomic E-state index is 13.6. The third-order valence-electron chi connectivity index (χ3n) is 8.80. The van der Waals surface area contributed by atoms with Gasteiger partial charge in [-0.1, -0.05) is 45.4 Å². The SMILES string of the molecule is CN=C(c1ccc(N(C2CC2)C2CC2)cc1)N(c1ccccc1C)[C@H](O)C(=O)O[C@@H]1C[C@H](C)CC[C@H]1C(C)C. The van der Waals surface area contributed by atoms with Crippen LogP contribution < -0.4 is 9.80 Å². The second-order valence-corrected chi connectivity index (χ2v) is 12.3. The molecule has 3 saturated carbocycles. The molecule has 6 heteroatoms. The van der Waals surface area contributed by atoms with Gasteiger partial charge in [-0.2, -0.15) is 0 Å². The Bertz CT molecular complexity index is 1160. The molecule has 3 aliphatic rings. The fourth-order valence-electron chi connectivity index (χ4n) is 6.34. The van der Waals surface area contributed by atoms with E-state index in [1.807, 2.05) is 31.2 Å². The van der Waals surface area contributed by atoms with Crippen molar-refractivity contribution in [1.82, 2.24) is 0 Å². The first-order chi connectivity index (χ1) is 18.8. The number of carbonyl (C=O) groups excluding carboxylic acids is 1. The van der Waals surface area contributed by atoms with Gasteiger partial charge in [0.15, 0.2) is 0 Å². The van der Waals surface area contributed by atoms with E-state index in [-0.39, 0.29) is 6.10 Å². The van der Waals surface area contributed by atoms with Crippen molar-refractivity contribution in [3.05, 3.63) is 59.7 Å². The minimum Gasteiger partial charge on any atom is -0.459 e. The van der Waals surface area contributed by atoms with E-state index in [4.69, 9.17) is 4.74 Å². The molecule has 0 radical (unpaired) electrons. The van der Waals surface area contributed by atoms with E-state index in [9.17, 15) is 9.90 Å². The first kappa shape index (κ1) is 27.7. The predicted octanol–water partition coefficient (Wildman–Crippen LogP) is 6.33. The van der Waals surface area contributed by atoms with Crippen LogP contribution >= 0.6 is 0 Å². The second-order valence-electron chi connectivity index (χ2n) is 12.3. The number of para-hydroxylation sites is 1. The molecule has 210 valence electrons. The molecule has 3 fully saturated rings. The number of hydrogen-bond donors (Lipinski definition) is 1. The smallest absolute Gasteiger partial charge is 0.357 e. The molecule has 0 saturated heterocycles. The van der Waals surface area contributed by atoms with Crippen LogP contribution in [-0.2, 0) is 9.53 Å². The Kier molecular flexibility index (Phi) is 8.32. The summed E-state index contributed by atoms with van der Waals surface area (Å²) in [6.07, 6.45) is 6.41. The van der Waals surface area contributed by atoms with Crippen LogP contribution in [0.25, 0.3) is 0 Å². The fraction of sp³-hybridized carbons (Fsp3) is 0.576. The standard InChI is InChI=1S/C33H45N3O3/c1-21(2)28-19-10-22(3)20-30(28)39-33(38)32(37)36(29-9-7-6-8-23(29)4)31(34-5)24-11-13-25(14-12-24)35(26-15-16-26)27-17-18-27/h6-9,11-14,21-22,26-28,30,32,37H,10,15-20H2,1-5H3/t22-,28+,30-,32-/m1/s1. The van der Waals surface area contributed by atoms with Crippen LogP contribution in [0.15, 0.2) is 53.5 Å². The highest BCUT2D eigenvalue weighted by atomic mass is 16.6. The molecular weight excluding hydrogens is 486 g/mol. The third kappa shape index (κ3) is 6.16. The first-order valence-corrected chi connectivity index (χ1v) is 14.9. The van der Waals surface area contributed by atoms with Gasteiger partial charge >= 0.3 is 5.97 Å². The number of rotatable bonds is 9. The average Bonchev–Trinajstić information content (AvgIpc) is 3.84. The lowest BCUT2D eigenvalue weighted by Gasteiger charge is -2.38. The number of nitrogens with zero attached hydrogens (tertiary/aromatic N) is 3. The molecule has 0 spiro atoms. The van der Waals surface area contributed by atoms with Gasteiger partial charge in [0.1, 0.15) is 11.9 Å². The van der Waals surface area contributed by atoms with E-state index >= 15 is 0 Å². The Morgan fingerprint density at radius 2 is 1.62 bits per heavy atom. The molecule has 6 nitrogen and oxygen atoms in total. The first-order valence-electron chi connectivity index (χ1n) is 14.9. The van der Waals surface area contributed by atoms with Crippen LogP contribution in [0.1, 0.15) is 76.8 Å². The van der Waals surface area contributed by atoms with Gasteiger partial charge in [-0.3, -0.25) is 9.89 Å². The molecule has 0 heterocycles. The normalized spacial score (nSPS) is 24.4. The van der Waals surface area contributed by atoms with Crippen molar-refractivity contribution < 1.29 is 14.6 Å². The summed E-state index contributed by atoms with van der Waals surface area (Å²) >= 11 is 0. The second kappa shape index (κ2) is 11.7. The highest BCUT2D eigenvalue weighted by Gasteiger charge is 2.40. The van der Waals surface area contributed by atoms with E-state index < -0.39 is 12.2 Å². The van der Waals surface area contributed by atoms with Gasteiger partial charge in [0.05, 0.1) is 0 Å². The maximum absolute atomic E-state index is 13.6. The highest BCUT2D eigenvalue weighted by Crippen LogP contribution is 2.41. The molecule has 4 atom stereocenters. The zero-order valence-corrected chi connectivity index (χ0v) is 24.2. The van der Waals surface area contributed by atoms with Gasteiger partial charge < -0.3 is 14.7 Å². The molecule has 0 bridgehead atoms. The van der Waals surface area contributed by atoms with Crippen LogP contribution in [0.3, 0.4) is 0 Å². The lowest BCUT2D eigenvalue weighted by Crippen LogP contribution is -2.49. The summed E-state index contributed by atoms with van der Waals surface area (Å²) in [5.74, 6) is 1.14. The molecule has 1 N–H and O–H groups in total. The average molecular weight is 532 g/mol. The van der Waals surface area contributed by atoms with E-state index in [2.05, 4.69) is 54.9 Å². The summed E-state index contributed by atoms with van der Waals surface area (Å²) < 4.78 is 6.10. The quantitative estimate of drug-likeness (QED) is 0.177. The summed E-state index contributed by atoms with van der Waals surface area (Å²) in [5, 5.41) is 11.6. The van der Waals surface area contributed by atoms with Gasteiger partial charge in [0.25, 0.3) is 0 Å². The Hall–Kier alpha value is -2.86. The molecule has 2 aromatic carbocycles. The number of aliphatic hydroxyl groups excluding tert-OH is 1. The van der Waals surface area contributed by atoms with Crippen molar-refractivity contribution in [2.75, 3.05) is 16.8 Å². The van der Waals surface area contributed by atoms with Gasteiger partial charge in [0.2, 0.25) is 6.23 Å². The molecule has 2 aromatic rings. The summed E-state index contributed by atoms with van der Waals surface area (Å²) in [6.45, 7) is 8.58. The number of anilines is 2. The van der Waals surface area contributed by atoms with Crippen LogP contribution in [0.5, 0.6) is 0 Å². The number of aliphatic imine (C=N–C) groups is 1. The predicted molar refractivity (Wildman–Crippen MR) is 158 cm³/mol. The van der Waals surface area contributed by atoms with Crippen LogP contribution in [-0.4, -0.2) is 48.4 Å². The molecule has 3 aliphatic carbocycles. The Morgan fingerprint density at radius 3 is 2.18 bits per heavy atom. The van der Waals surface area contributed by atoms with Crippen molar-refractivity contribution in [2.24, 2.45) is 22.7 Å². The van der Waals surface area contributed by atoms with Crippen LogP contribution in [0.4, 0.5) is 11.4 Å². The molecule has 0 amide bonds. The van der Waals surface area contributed by atoms with E-state index in [1.54, 1.807) is 11.9 Å². The largest absolute Gasteiger partial charge is 0.459 e. The van der Waals surface area contributed by atoms with Crippen LogP contribution in [0, 0.1) is 24.7 Å². The molecule has 39 heavy (non-hydrogen) atoms. The highest BCUT2D eigenvalue weighted by molar-refractivity contribution is 6.12. The molecule has 5 rings (SSSR count).